The molecule has 2 aromatic carbocycles. The molecule has 0 unspecified atom stereocenters. The van der Waals surface area contributed by atoms with E-state index in [-0.39, 0.29) is 0 Å². The van der Waals surface area contributed by atoms with Crippen molar-refractivity contribution in [2.24, 2.45) is 0 Å². The quantitative estimate of drug-likeness (QED) is 0.690. The first-order valence-corrected chi connectivity index (χ1v) is 6.46. The molecule has 0 aliphatic carbocycles. The highest BCUT2D eigenvalue weighted by Gasteiger charge is 1.99. The van der Waals surface area contributed by atoms with Gasteiger partial charge in [0, 0.05) is 12.4 Å². The van der Waals surface area contributed by atoms with E-state index in [2.05, 4.69) is 60.6 Å². The first-order valence-electron chi connectivity index (χ1n) is 6.46. The molecule has 94 valence electrons. The second kappa shape index (κ2) is 5.11. The van der Waals surface area contributed by atoms with E-state index in [0.717, 1.165) is 12.1 Å². The van der Waals surface area contributed by atoms with Crippen LogP contribution in [0.25, 0.3) is 5.69 Å². The molecule has 3 rings (SSSR count). The topological polar surface area (TPSA) is 17.8 Å². The van der Waals surface area contributed by atoms with Gasteiger partial charge in [-0.05, 0) is 42.7 Å². The van der Waals surface area contributed by atoms with Gasteiger partial charge in [-0.3, -0.25) is 0 Å². The molecule has 0 bridgehead atoms. The monoisotopic (exact) mass is 248 g/mol. The van der Waals surface area contributed by atoms with E-state index >= 15 is 0 Å². The second-order valence-corrected chi connectivity index (χ2v) is 4.78. The van der Waals surface area contributed by atoms with E-state index in [9.17, 15) is 0 Å². The average molecular weight is 248 g/mol. The molecular weight excluding hydrogens is 232 g/mol. The Kier molecular flexibility index (Phi) is 3.15. The van der Waals surface area contributed by atoms with E-state index in [4.69, 9.17) is 0 Å². The Morgan fingerprint density at radius 1 is 0.947 bits per heavy atom. The van der Waals surface area contributed by atoms with E-state index in [1.165, 1.54) is 16.7 Å². The first-order chi connectivity index (χ1) is 9.31. The molecule has 0 atom stereocenters. The maximum absolute atomic E-state index is 4.23. The van der Waals surface area contributed by atoms with Crippen molar-refractivity contribution < 1.29 is 0 Å². The zero-order valence-electron chi connectivity index (χ0n) is 11.0. The van der Waals surface area contributed by atoms with Crippen LogP contribution in [-0.2, 0) is 6.42 Å². The molecule has 0 amide bonds. The fraction of sp³-hybridized carbons (Fsp3) is 0.118. The summed E-state index contributed by atoms with van der Waals surface area (Å²) in [6.45, 7) is 2.13. The zero-order chi connectivity index (χ0) is 13.1. The van der Waals surface area contributed by atoms with Crippen LogP contribution in [0.4, 0.5) is 0 Å². The van der Waals surface area contributed by atoms with Gasteiger partial charge in [-0.2, -0.15) is 5.10 Å². The van der Waals surface area contributed by atoms with Crippen LogP contribution in [0.1, 0.15) is 16.7 Å². The normalized spacial score (nSPS) is 10.6. The number of aromatic nitrogens is 2. The molecule has 0 radical (unpaired) electrons. The second-order valence-electron chi connectivity index (χ2n) is 4.78. The third-order valence-electron chi connectivity index (χ3n) is 3.20. The Hall–Kier alpha value is -2.35. The number of nitrogens with zero attached hydrogens (tertiary/aromatic N) is 2. The van der Waals surface area contributed by atoms with Crippen molar-refractivity contribution in [3.05, 3.63) is 83.7 Å². The highest BCUT2D eigenvalue weighted by Crippen LogP contribution is 2.13. The number of hydrogen-bond donors (Lipinski definition) is 0. The fourth-order valence-corrected chi connectivity index (χ4v) is 2.25. The van der Waals surface area contributed by atoms with E-state index in [1.54, 1.807) is 6.20 Å². The Labute approximate surface area is 113 Å². The van der Waals surface area contributed by atoms with Crippen LogP contribution in [0.3, 0.4) is 0 Å². The molecule has 0 aliphatic heterocycles. The fourth-order valence-electron chi connectivity index (χ4n) is 2.25. The molecule has 1 aromatic heterocycles. The minimum Gasteiger partial charge on any atom is -0.241 e. The summed E-state index contributed by atoms with van der Waals surface area (Å²) < 4.78 is 1.87. The number of aryl methyl sites for hydroxylation is 1. The summed E-state index contributed by atoms with van der Waals surface area (Å²) in [4.78, 5) is 0. The number of rotatable bonds is 3. The summed E-state index contributed by atoms with van der Waals surface area (Å²) >= 11 is 0. The number of hydrogen-bond acceptors (Lipinski definition) is 1. The zero-order valence-corrected chi connectivity index (χ0v) is 11.0. The van der Waals surface area contributed by atoms with E-state index in [1.807, 2.05) is 16.9 Å². The van der Waals surface area contributed by atoms with Crippen molar-refractivity contribution in [2.75, 3.05) is 0 Å². The molecule has 0 aliphatic rings. The van der Waals surface area contributed by atoms with Crippen LogP contribution in [0.5, 0.6) is 0 Å². The van der Waals surface area contributed by atoms with Gasteiger partial charge in [0.2, 0.25) is 0 Å². The molecule has 0 saturated heterocycles. The van der Waals surface area contributed by atoms with Gasteiger partial charge in [-0.1, -0.05) is 42.0 Å². The van der Waals surface area contributed by atoms with Gasteiger partial charge in [0.25, 0.3) is 0 Å². The van der Waals surface area contributed by atoms with Crippen molar-refractivity contribution in [1.82, 2.24) is 9.78 Å². The lowest BCUT2D eigenvalue weighted by molar-refractivity contribution is 0.879. The lowest BCUT2D eigenvalue weighted by Crippen LogP contribution is -1.95. The maximum atomic E-state index is 4.23. The predicted octanol–water partition coefficient (Wildman–Crippen LogP) is 3.77. The van der Waals surface area contributed by atoms with Gasteiger partial charge >= 0.3 is 0 Å². The van der Waals surface area contributed by atoms with Gasteiger partial charge < -0.3 is 0 Å². The van der Waals surface area contributed by atoms with Crippen LogP contribution in [0.2, 0.25) is 0 Å². The molecular formula is C17H16N2. The van der Waals surface area contributed by atoms with Gasteiger partial charge in [0.15, 0.2) is 0 Å². The molecule has 0 saturated carbocycles. The van der Waals surface area contributed by atoms with Crippen molar-refractivity contribution in [2.45, 2.75) is 13.3 Å². The Bertz CT molecular complexity index is 652. The SMILES string of the molecule is Cc1cccc(Cc2ccc(-n3cccn3)cc2)c1. The van der Waals surface area contributed by atoms with Crippen molar-refractivity contribution in [1.29, 1.82) is 0 Å². The Morgan fingerprint density at radius 3 is 2.47 bits per heavy atom. The molecule has 0 fully saturated rings. The molecule has 1 heterocycles. The van der Waals surface area contributed by atoms with Crippen LogP contribution >= 0.6 is 0 Å². The van der Waals surface area contributed by atoms with E-state index in [0.29, 0.717) is 0 Å². The van der Waals surface area contributed by atoms with Gasteiger partial charge in [0.05, 0.1) is 5.69 Å². The van der Waals surface area contributed by atoms with Crippen LogP contribution in [0.15, 0.2) is 67.0 Å². The third kappa shape index (κ3) is 2.74. The van der Waals surface area contributed by atoms with Crippen LogP contribution in [-0.4, -0.2) is 9.78 Å². The Morgan fingerprint density at radius 2 is 1.79 bits per heavy atom. The average Bonchev–Trinajstić information content (AvgIpc) is 2.94. The summed E-state index contributed by atoms with van der Waals surface area (Å²) in [5.41, 5.74) is 5.08. The third-order valence-corrected chi connectivity index (χ3v) is 3.20. The highest BCUT2D eigenvalue weighted by molar-refractivity contribution is 5.36. The van der Waals surface area contributed by atoms with Crippen LogP contribution < -0.4 is 0 Å². The Balaban J connectivity index is 1.80. The lowest BCUT2D eigenvalue weighted by Gasteiger charge is -2.05. The van der Waals surface area contributed by atoms with Crippen molar-refractivity contribution in [3.63, 3.8) is 0 Å². The molecule has 2 heteroatoms. The molecule has 2 nitrogen and oxygen atoms in total. The van der Waals surface area contributed by atoms with E-state index < -0.39 is 0 Å². The maximum Gasteiger partial charge on any atom is 0.0645 e. The van der Waals surface area contributed by atoms with Gasteiger partial charge in [0.1, 0.15) is 0 Å². The smallest absolute Gasteiger partial charge is 0.0645 e. The standard InChI is InChI=1S/C17H16N2/c1-14-4-2-5-16(12-14)13-15-6-8-17(9-7-15)19-11-3-10-18-19/h2-12H,13H2,1H3. The van der Waals surface area contributed by atoms with Gasteiger partial charge in [-0.15, -0.1) is 0 Å². The molecule has 0 N–H and O–H groups in total. The lowest BCUT2D eigenvalue weighted by atomic mass is 10.0. The predicted molar refractivity (Wildman–Crippen MR) is 77.5 cm³/mol. The molecule has 0 spiro atoms. The number of benzene rings is 2. The summed E-state index contributed by atoms with van der Waals surface area (Å²) in [7, 11) is 0. The first kappa shape index (κ1) is 11.7. The van der Waals surface area contributed by atoms with Crippen molar-refractivity contribution in [3.8, 4) is 5.69 Å². The summed E-state index contributed by atoms with van der Waals surface area (Å²) in [6, 6.07) is 19.1. The summed E-state index contributed by atoms with van der Waals surface area (Å²) in [5, 5.41) is 4.23. The minimum absolute atomic E-state index is 0.973. The van der Waals surface area contributed by atoms with Crippen molar-refractivity contribution >= 4 is 0 Å². The summed E-state index contributed by atoms with van der Waals surface area (Å²) in [6.07, 6.45) is 4.72. The largest absolute Gasteiger partial charge is 0.241 e. The minimum atomic E-state index is 0.973. The molecule has 3 aromatic rings. The summed E-state index contributed by atoms with van der Waals surface area (Å²) in [5.74, 6) is 0. The molecule has 19 heavy (non-hydrogen) atoms. The van der Waals surface area contributed by atoms with Gasteiger partial charge in [-0.25, -0.2) is 4.68 Å². The highest BCUT2D eigenvalue weighted by atomic mass is 15.3. The van der Waals surface area contributed by atoms with Crippen LogP contribution in [0, 0.1) is 6.92 Å².